The molecule has 0 aliphatic carbocycles. The van der Waals surface area contributed by atoms with Crippen LogP contribution in [0.3, 0.4) is 0 Å². The average molecular weight is 647 g/mol. The number of aliphatic hydroxyl groups excluding tert-OH is 1. The molecule has 10 nitrogen and oxygen atoms in total. The molecule has 1 N–H and O–H groups in total. The van der Waals surface area contributed by atoms with Crippen LogP contribution < -0.4 is 9.80 Å². The number of aliphatic hydroxyl groups is 1. The number of piperazine rings is 1. The maximum absolute atomic E-state index is 13.5. The van der Waals surface area contributed by atoms with E-state index in [0.717, 1.165) is 66.9 Å². The van der Waals surface area contributed by atoms with Crippen molar-refractivity contribution in [1.29, 1.82) is 5.26 Å². The number of thiazole rings is 1. The van der Waals surface area contributed by atoms with Gasteiger partial charge in [-0.15, -0.1) is 0 Å². The smallest absolute Gasteiger partial charge is 0.236 e. The van der Waals surface area contributed by atoms with Crippen molar-refractivity contribution in [3.05, 3.63) is 58.5 Å². The summed E-state index contributed by atoms with van der Waals surface area (Å²) in [5.41, 5.74) is 5.16. The minimum atomic E-state index is -0.384. The number of fused-ring (bicyclic) bond motifs is 1. The largest absolute Gasteiger partial charge is 0.389 e. The quantitative estimate of drug-likeness (QED) is 0.296. The number of aromatic nitrogens is 3. The molecule has 1 aromatic carbocycles. The zero-order valence-corrected chi connectivity index (χ0v) is 28.3. The van der Waals surface area contributed by atoms with Crippen molar-refractivity contribution in [2.45, 2.75) is 47.1 Å². The summed E-state index contributed by atoms with van der Waals surface area (Å²) in [4.78, 5) is 30.9. The second kappa shape index (κ2) is 14.2. The third-order valence-electron chi connectivity index (χ3n) is 8.02. The maximum atomic E-state index is 13.5. The lowest BCUT2D eigenvalue weighted by Crippen LogP contribution is -2.57. The lowest BCUT2D eigenvalue weighted by Gasteiger charge is -2.39. The summed E-state index contributed by atoms with van der Waals surface area (Å²) in [6.45, 7) is 15.0. The predicted octanol–water partition coefficient (Wildman–Crippen LogP) is 5.09. The molecule has 0 unspecified atom stereocenters. The fourth-order valence-electron chi connectivity index (χ4n) is 5.63. The third kappa shape index (κ3) is 7.17. The van der Waals surface area contributed by atoms with Gasteiger partial charge in [0.05, 0.1) is 24.0 Å². The molecule has 244 valence electrons. The van der Waals surface area contributed by atoms with E-state index in [-0.39, 0.29) is 17.8 Å². The molecule has 46 heavy (non-hydrogen) atoms. The number of carbonyl (C=O) groups excluding carboxylic acids is 1. The Morgan fingerprint density at radius 2 is 1.80 bits per heavy atom. The number of anilines is 3. The van der Waals surface area contributed by atoms with E-state index in [2.05, 4.69) is 67.2 Å². The minimum absolute atomic E-state index is 0.0773. The number of hydrogen-bond acceptors (Lipinski definition) is 9. The summed E-state index contributed by atoms with van der Waals surface area (Å²) >= 11 is 1.30. The van der Waals surface area contributed by atoms with Gasteiger partial charge in [-0.3, -0.25) is 14.1 Å². The van der Waals surface area contributed by atoms with E-state index in [1.54, 1.807) is 17.0 Å². The van der Waals surface area contributed by atoms with Gasteiger partial charge in [-0.2, -0.15) is 5.26 Å². The number of nitriles is 1. The van der Waals surface area contributed by atoms with E-state index >= 15 is 0 Å². The van der Waals surface area contributed by atoms with Crippen LogP contribution in [-0.2, 0) is 11.2 Å². The molecule has 6 rings (SSSR count). The first kappa shape index (κ1) is 33.3. The monoisotopic (exact) mass is 646 g/mol. The van der Waals surface area contributed by atoms with E-state index in [0.29, 0.717) is 40.9 Å². The Kier molecular flexibility index (Phi) is 10.3. The van der Waals surface area contributed by atoms with Crippen LogP contribution in [0.15, 0.2) is 36.5 Å². The summed E-state index contributed by atoms with van der Waals surface area (Å²) in [6.07, 6.45) is 2.45. The summed E-state index contributed by atoms with van der Waals surface area (Å²) < 4.78 is 15.6. The zero-order valence-electron chi connectivity index (χ0n) is 27.5. The highest BCUT2D eigenvalue weighted by molar-refractivity contribution is 7.16. The molecule has 2 aliphatic rings. The fourth-order valence-corrected chi connectivity index (χ4v) is 6.48. The minimum Gasteiger partial charge on any atom is -0.389 e. The van der Waals surface area contributed by atoms with E-state index in [1.807, 2.05) is 11.9 Å². The van der Waals surface area contributed by atoms with Crippen LogP contribution in [-0.4, -0.2) is 94.1 Å². The molecule has 1 amide bonds. The van der Waals surface area contributed by atoms with Gasteiger partial charge >= 0.3 is 0 Å². The number of imidazole rings is 1. The number of nitrogens with zero attached hydrogens (tertiary/aromatic N) is 8. The first-order valence-electron chi connectivity index (χ1n) is 15.8. The standard InChI is InChI=1S/C30H33FN8O2S.C4H10/c1-4-24-29(35(3)30-34-27(25(14-32)42-30)20-5-7-21(31)8-6-20)39-15-22(13-19(2)28(39)33-24)37-11-9-36(10-12-37)18-26(41)38-16-23(40)17-38;1-4(2)3/h5-8,13,15,23,40H,4,9-12,16-18H2,1-3H3;4H,1-3H3. The van der Waals surface area contributed by atoms with Crippen LogP contribution in [0.25, 0.3) is 16.9 Å². The van der Waals surface area contributed by atoms with Crippen molar-refractivity contribution in [3.63, 3.8) is 0 Å². The number of pyridine rings is 1. The second-order valence-corrected chi connectivity index (χ2v) is 13.6. The topological polar surface area (TPSA) is 104 Å². The van der Waals surface area contributed by atoms with Gasteiger partial charge in [0.1, 0.15) is 33.9 Å². The number of hydrogen-bond donors (Lipinski definition) is 1. The number of β-amino-alcohol motifs (C(OH)–C–C–N with tert-alkyl or cyclic N) is 1. The van der Waals surface area contributed by atoms with Crippen LogP contribution in [0.5, 0.6) is 0 Å². The van der Waals surface area contributed by atoms with E-state index in [9.17, 15) is 19.6 Å². The van der Waals surface area contributed by atoms with Crippen molar-refractivity contribution in [3.8, 4) is 17.3 Å². The Bertz CT molecular complexity index is 1710. The summed E-state index contributed by atoms with van der Waals surface area (Å²) in [5.74, 6) is 1.47. The van der Waals surface area contributed by atoms with Crippen molar-refractivity contribution in [2.24, 2.45) is 5.92 Å². The highest BCUT2D eigenvalue weighted by Crippen LogP contribution is 2.37. The van der Waals surface area contributed by atoms with Gasteiger partial charge in [0.2, 0.25) is 5.91 Å². The highest BCUT2D eigenvalue weighted by Gasteiger charge is 2.30. The summed E-state index contributed by atoms with van der Waals surface area (Å²) in [6, 6.07) is 10.4. The Morgan fingerprint density at radius 3 is 2.39 bits per heavy atom. The molecule has 3 aromatic heterocycles. The second-order valence-electron chi connectivity index (χ2n) is 12.6. The van der Waals surface area contributed by atoms with Gasteiger partial charge in [0.15, 0.2) is 5.13 Å². The Morgan fingerprint density at radius 1 is 1.15 bits per heavy atom. The molecule has 2 fully saturated rings. The van der Waals surface area contributed by atoms with Crippen LogP contribution in [0.4, 0.5) is 21.0 Å². The van der Waals surface area contributed by atoms with Gasteiger partial charge < -0.3 is 19.8 Å². The van der Waals surface area contributed by atoms with Gasteiger partial charge in [0, 0.05) is 58.1 Å². The van der Waals surface area contributed by atoms with Crippen molar-refractivity contribution in [2.75, 3.05) is 62.7 Å². The fraction of sp³-hybridized carbons (Fsp3) is 0.471. The van der Waals surface area contributed by atoms with Crippen molar-refractivity contribution in [1.82, 2.24) is 24.2 Å². The average Bonchev–Trinajstić information content (AvgIpc) is 3.62. The molecule has 12 heteroatoms. The molecular formula is C34H43FN8O2S. The lowest BCUT2D eigenvalue weighted by atomic mass is 10.1. The molecular weight excluding hydrogens is 603 g/mol. The van der Waals surface area contributed by atoms with Gasteiger partial charge in [0.25, 0.3) is 0 Å². The first-order valence-corrected chi connectivity index (χ1v) is 16.7. The van der Waals surface area contributed by atoms with Crippen LogP contribution >= 0.6 is 11.3 Å². The number of benzene rings is 1. The highest BCUT2D eigenvalue weighted by atomic mass is 32.1. The number of likely N-dealkylation sites (tertiary alicyclic amines) is 1. The van der Waals surface area contributed by atoms with Gasteiger partial charge in [-0.25, -0.2) is 14.4 Å². The summed E-state index contributed by atoms with van der Waals surface area (Å²) in [7, 11) is 1.94. The molecule has 0 saturated carbocycles. The van der Waals surface area contributed by atoms with Crippen LogP contribution in [0.1, 0.15) is 43.8 Å². The van der Waals surface area contributed by atoms with Crippen LogP contribution in [0, 0.1) is 30.0 Å². The number of rotatable bonds is 7. The number of halogens is 1. The molecule has 2 saturated heterocycles. The third-order valence-corrected chi connectivity index (χ3v) is 9.06. The van der Waals surface area contributed by atoms with Gasteiger partial charge in [-0.05, 0) is 55.2 Å². The van der Waals surface area contributed by atoms with Crippen molar-refractivity contribution < 1.29 is 14.3 Å². The predicted molar refractivity (Wildman–Crippen MR) is 181 cm³/mol. The van der Waals surface area contributed by atoms with E-state index in [4.69, 9.17) is 9.97 Å². The molecule has 2 aliphatic heterocycles. The lowest BCUT2D eigenvalue weighted by molar-refractivity contribution is -0.142. The Balaban J connectivity index is 0.000000985. The van der Waals surface area contributed by atoms with Gasteiger partial charge in [-0.1, -0.05) is 39.0 Å². The molecule has 0 radical (unpaired) electrons. The summed E-state index contributed by atoms with van der Waals surface area (Å²) in [5, 5.41) is 20.0. The Hall–Kier alpha value is -4.05. The molecule has 0 spiro atoms. The zero-order chi connectivity index (χ0) is 33.1. The number of carbonyl (C=O) groups is 1. The number of amides is 1. The normalized spacial score (nSPS) is 15.5. The van der Waals surface area contributed by atoms with Crippen LogP contribution in [0.2, 0.25) is 0 Å². The first-order chi connectivity index (χ1) is 22.0. The molecule has 0 bridgehead atoms. The maximum Gasteiger partial charge on any atom is 0.236 e. The van der Waals surface area contributed by atoms with E-state index in [1.165, 1.54) is 23.5 Å². The Labute approximate surface area is 274 Å². The van der Waals surface area contributed by atoms with E-state index < -0.39 is 0 Å². The molecule has 0 atom stereocenters. The molecule has 5 heterocycles. The molecule has 4 aromatic rings. The van der Waals surface area contributed by atoms with Crippen molar-refractivity contribution >= 4 is 39.5 Å². The number of aryl methyl sites for hydroxylation is 2. The SMILES string of the molecule is CC(C)C.CCc1nc2c(C)cc(N3CCN(CC(=O)N4CC(O)C4)CC3)cn2c1N(C)c1nc(-c2ccc(F)cc2)c(C#N)s1.